The molecular weight excluding hydrogens is 376 g/mol. The predicted octanol–water partition coefficient (Wildman–Crippen LogP) is 2.24. The molecular formula is C19H18N6O4. The third-order valence-electron chi connectivity index (χ3n) is 3.94. The maximum atomic E-state index is 12.2. The van der Waals surface area contributed by atoms with E-state index in [4.69, 9.17) is 0 Å². The first-order chi connectivity index (χ1) is 13.9. The number of benzene rings is 1. The van der Waals surface area contributed by atoms with Crippen molar-refractivity contribution in [2.75, 3.05) is 11.9 Å². The van der Waals surface area contributed by atoms with E-state index in [1.54, 1.807) is 18.3 Å². The van der Waals surface area contributed by atoms with Crippen LogP contribution in [0.15, 0.2) is 54.9 Å². The van der Waals surface area contributed by atoms with Gasteiger partial charge in [-0.15, -0.1) is 0 Å². The zero-order valence-electron chi connectivity index (χ0n) is 15.5. The van der Waals surface area contributed by atoms with Crippen LogP contribution in [0.4, 0.5) is 11.5 Å². The zero-order chi connectivity index (χ0) is 20.8. The third kappa shape index (κ3) is 5.22. The van der Waals surface area contributed by atoms with E-state index in [1.165, 1.54) is 35.1 Å². The Bertz CT molecular complexity index is 1040. The molecule has 0 atom stereocenters. The highest BCUT2D eigenvalue weighted by atomic mass is 16.6. The van der Waals surface area contributed by atoms with Crippen LogP contribution in [0.3, 0.4) is 0 Å². The summed E-state index contributed by atoms with van der Waals surface area (Å²) < 4.78 is 1.37. The number of nitrogens with one attached hydrogen (secondary N) is 2. The summed E-state index contributed by atoms with van der Waals surface area (Å²) in [7, 11) is 0. The van der Waals surface area contributed by atoms with Crippen molar-refractivity contribution in [3.05, 3.63) is 76.2 Å². The number of nitrogens with zero attached hydrogens (tertiary/aromatic N) is 4. The van der Waals surface area contributed by atoms with E-state index in [1.807, 2.05) is 13.0 Å². The van der Waals surface area contributed by atoms with Gasteiger partial charge < -0.3 is 10.6 Å². The van der Waals surface area contributed by atoms with Gasteiger partial charge in [0.2, 0.25) is 5.91 Å². The predicted molar refractivity (Wildman–Crippen MR) is 105 cm³/mol. The molecule has 0 aliphatic rings. The summed E-state index contributed by atoms with van der Waals surface area (Å²) >= 11 is 0. The minimum atomic E-state index is -0.502. The molecule has 3 aromatic rings. The lowest BCUT2D eigenvalue weighted by Crippen LogP contribution is -2.28. The second-order valence-electron chi connectivity index (χ2n) is 6.20. The highest BCUT2D eigenvalue weighted by Crippen LogP contribution is 2.16. The number of carbonyl (C=O) groups is 2. The molecule has 2 aromatic heterocycles. The van der Waals surface area contributed by atoms with Gasteiger partial charge in [-0.2, -0.15) is 5.10 Å². The van der Waals surface area contributed by atoms with Crippen molar-refractivity contribution in [2.45, 2.75) is 13.3 Å². The van der Waals surface area contributed by atoms with Crippen molar-refractivity contribution in [1.29, 1.82) is 0 Å². The van der Waals surface area contributed by atoms with E-state index in [9.17, 15) is 19.7 Å². The molecule has 0 unspecified atom stereocenters. The molecule has 0 fully saturated rings. The van der Waals surface area contributed by atoms with E-state index < -0.39 is 10.8 Å². The van der Waals surface area contributed by atoms with E-state index in [2.05, 4.69) is 20.7 Å². The minimum Gasteiger partial charge on any atom is -0.350 e. The number of aryl methyl sites for hydroxylation is 1. The van der Waals surface area contributed by atoms with Crippen molar-refractivity contribution < 1.29 is 14.5 Å². The largest absolute Gasteiger partial charge is 0.350 e. The van der Waals surface area contributed by atoms with Gasteiger partial charge in [0.25, 0.3) is 11.6 Å². The SMILES string of the molecule is Cc1ccc(NC(=O)CCNC(=O)c2ccn(-c3cccc([N+](=O)[O-])c3)n2)nc1. The summed E-state index contributed by atoms with van der Waals surface area (Å²) in [5.74, 6) is -0.276. The van der Waals surface area contributed by atoms with Gasteiger partial charge in [0.15, 0.2) is 5.69 Å². The van der Waals surface area contributed by atoms with Crippen LogP contribution < -0.4 is 10.6 Å². The van der Waals surface area contributed by atoms with E-state index in [0.29, 0.717) is 11.5 Å². The van der Waals surface area contributed by atoms with Crippen LogP contribution in [-0.4, -0.2) is 38.0 Å². The van der Waals surface area contributed by atoms with Gasteiger partial charge in [-0.05, 0) is 30.7 Å². The Morgan fingerprint density at radius 2 is 2.03 bits per heavy atom. The molecule has 0 aliphatic heterocycles. The first-order valence-corrected chi connectivity index (χ1v) is 8.73. The number of rotatable bonds is 7. The summed E-state index contributed by atoms with van der Waals surface area (Å²) in [5, 5.41) is 20.3. The number of aromatic nitrogens is 3. The van der Waals surface area contributed by atoms with Gasteiger partial charge >= 0.3 is 0 Å². The number of anilines is 1. The molecule has 0 saturated heterocycles. The van der Waals surface area contributed by atoms with Gasteiger partial charge in [0.1, 0.15) is 5.82 Å². The van der Waals surface area contributed by atoms with Gasteiger partial charge in [0, 0.05) is 37.5 Å². The van der Waals surface area contributed by atoms with Gasteiger partial charge in [-0.25, -0.2) is 9.67 Å². The molecule has 2 N–H and O–H groups in total. The lowest BCUT2D eigenvalue weighted by atomic mass is 10.3. The van der Waals surface area contributed by atoms with Crippen molar-refractivity contribution in [3.63, 3.8) is 0 Å². The Kier molecular flexibility index (Phi) is 5.93. The molecule has 0 aliphatic carbocycles. The Morgan fingerprint density at radius 1 is 1.21 bits per heavy atom. The van der Waals surface area contributed by atoms with Crippen LogP contribution in [0.5, 0.6) is 0 Å². The fourth-order valence-electron chi connectivity index (χ4n) is 2.47. The summed E-state index contributed by atoms with van der Waals surface area (Å²) in [5.41, 5.74) is 1.51. The second-order valence-corrected chi connectivity index (χ2v) is 6.20. The van der Waals surface area contributed by atoms with E-state index in [0.717, 1.165) is 5.56 Å². The molecule has 10 heteroatoms. The number of hydrogen-bond acceptors (Lipinski definition) is 6. The smallest absolute Gasteiger partial charge is 0.271 e. The minimum absolute atomic E-state index is 0.0712. The molecule has 10 nitrogen and oxygen atoms in total. The maximum Gasteiger partial charge on any atom is 0.271 e. The van der Waals surface area contributed by atoms with Crippen LogP contribution >= 0.6 is 0 Å². The average molecular weight is 394 g/mol. The summed E-state index contributed by atoms with van der Waals surface area (Å²) in [6.45, 7) is 2.02. The van der Waals surface area contributed by atoms with Crippen molar-refractivity contribution in [1.82, 2.24) is 20.1 Å². The lowest BCUT2D eigenvalue weighted by molar-refractivity contribution is -0.384. The molecule has 148 valence electrons. The molecule has 2 amide bonds. The monoisotopic (exact) mass is 394 g/mol. The van der Waals surface area contributed by atoms with Crippen LogP contribution in [0.25, 0.3) is 5.69 Å². The maximum absolute atomic E-state index is 12.2. The Labute approximate surface area is 165 Å². The molecule has 0 spiro atoms. The van der Waals surface area contributed by atoms with Crippen molar-refractivity contribution in [2.24, 2.45) is 0 Å². The summed E-state index contributed by atoms with van der Waals surface area (Å²) in [4.78, 5) is 38.6. The Balaban J connectivity index is 1.52. The molecule has 1 aromatic carbocycles. The van der Waals surface area contributed by atoms with Crippen LogP contribution in [0, 0.1) is 17.0 Å². The highest BCUT2D eigenvalue weighted by Gasteiger charge is 2.12. The molecule has 0 saturated carbocycles. The number of amides is 2. The lowest BCUT2D eigenvalue weighted by Gasteiger charge is -2.05. The number of non-ortho nitro benzene ring substituents is 1. The summed E-state index contributed by atoms with van der Waals surface area (Å²) in [6.07, 6.45) is 3.26. The average Bonchev–Trinajstić information content (AvgIpc) is 3.20. The number of carbonyl (C=O) groups excluding carboxylic acids is 2. The third-order valence-corrected chi connectivity index (χ3v) is 3.94. The molecule has 0 radical (unpaired) electrons. The topological polar surface area (TPSA) is 132 Å². The van der Waals surface area contributed by atoms with Crippen molar-refractivity contribution >= 4 is 23.3 Å². The number of hydrogen-bond donors (Lipinski definition) is 2. The van der Waals surface area contributed by atoms with Gasteiger partial charge in [0.05, 0.1) is 10.6 Å². The normalized spacial score (nSPS) is 10.4. The number of nitro groups is 1. The molecule has 2 heterocycles. The van der Waals surface area contributed by atoms with E-state index in [-0.39, 0.29) is 30.3 Å². The van der Waals surface area contributed by atoms with Gasteiger partial charge in [-0.1, -0.05) is 12.1 Å². The first kappa shape index (κ1) is 19.7. The first-order valence-electron chi connectivity index (χ1n) is 8.73. The fraction of sp³-hybridized carbons (Fsp3) is 0.158. The number of nitro benzene ring substituents is 1. The molecule has 3 rings (SSSR count). The molecule has 29 heavy (non-hydrogen) atoms. The zero-order valence-corrected chi connectivity index (χ0v) is 15.5. The van der Waals surface area contributed by atoms with E-state index >= 15 is 0 Å². The quantitative estimate of drug-likeness (QED) is 0.466. The van der Waals surface area contributed by atoms with Gasteiger partial charge in [-0.3, -0.25) is 19.7 Å². The van der Waals surface area contributed by atoms with Crippen molar-refractivity contribution in [3.8, 4) is 5.69 Å². The molecule has 0 bridgehead atoms. The second kappa shape index (κ2) is 8.74. The van der Waals surface area contributed by atoms with Crippen LogP contribution in [-0.2, 0) is 4.79 Å². The highest BCUT2D eigenvalue weighted by molar-refractivity contribution is 5.93. The Hall–Kier alpha value is -4.08. The summed E-state index contributed by atoms with van der Waals surface area (Å²) in [6, 6.07) is 10.9. The fourth-order valence-corrected chi connectivity index (χ4v) is 2.47. The Morgan fingerprint density at radius 3 is 2.76 bits per heavy atom. The number of pyridine rings is 1. The standard InChI is InChI=1S/C19H18N6O4/c1-13-5-6-17(21-12-13)22-18(26)7-9-20-19(27)16-8-10-24(23-16)14-3-2-4-15(11-14)25(28)29/h2-6,8,10-12H,7,9H2,1H3,(H,20,27)(H,21,22,26). The van der Waals surface area contributed by atoms with Crippen LogP contribution in [0.1, 0.15) is 22.5 Å². The van der Waals surface area contributed by atoms with Crippen LogP contribution in [0.2, 0.25) is 0 Å².